The standard InChI is InChI=1S/C15H24N2O/c1-10-4-5-11(2)13(8-10)9-14(17-16)15-7-6-12(3)18-15/h4-5,8,12,14-15,17H,6-7,9,16H2,1-3H3. The summed E-state index contributed by atoms with van der Waals surface area (Å²) < 4.78 is 5.91. The number of hydrogen-bond acceptors (Lipinski definition) is 3. The molecule has 0 aliphatic carbocycles. The number of hydrogen-bond donors (Lipinski definition) is 2. The van der Waals surface area contributed by atoms with Crippen LogP contribution in [0.4, 0.5) is 0 Å². The van der Waals surface area contributed by atoms with Gasteiger partial charge in [-0.15, -0.1) is 0 Å². The molecule has 0 bridgehead atoms. The Morgan fingerprint density at radius 2 is 2.17 bits per heavy atom. The average Bonchev–Trinajstić information content (AvgIpc) is 2.77. The van der Waals surface area contributed by atoms with Gasteiger partial charge in [-0.25, -0.2) is 0 Å². The van der Waals surface area contributed by atoms with E-state index in [-0.39, 0.29) is 12.1 Å². The molecular weight excluding hydrogens is 224 g/mol. The summed E-state index contributed by atoms with van der Waals surface area (Å²) in [7, 11) is 0. The fourth-order valence-corrected chi connectivity index (χ4v) is 2.68. The Bertz CT molecular complexity index is 405. The first kappa shape index (κ1) is 13.5. The van der Waals surface area contributed by atoms with Crippen molar-refractivity contribution in [2.45, 2.75) is 58.3 Å². The van der Waals surface area contributed by atoms with Crippen molar-refractivity contribution in [2.24, 2.45) is 5.84 Å². The molecule has 1 saturated heterocycles. The highest BCUT2D eigenvalue weighted by atomic mass is 16.5. The van der Waals surface area contributed by atoms with Gasteiger partial charge >= 0.3 is 0 Å². The third-order valence-corrected chi connectivity index (χ3v) is 3.87. The summed E-state index contributed by atoms with van der Waals surface area (Å²) >= 11 is 0. The summed E-state index contributed by atoms with van der Waals surface area (Å²) in [4.78, 5) is 0. The van der Waals surface area contributed by atoms with Crippen LogP contribution in [0, 0.1) is 13.8 Å². The zero-order valence-electron chi connectivity index (χ0n) is 11.6. The van der Waals surface area contributed by atoms with E-state index in [1.807, 2.05) is 0 Å². The van der Waals surface area contributed by atoms with Crippen molar-refractivity contribution in [2.75, 3.05) is 0 Å². The average molecular weight is 248 g/mol. The van der Waals surface area contributed by atoms with Crippen molar-refractivity contribution in [1.82, 2.24) is 5.43 Å². The highest BCUT2D eigenvalue weighted by Gasteiger charge is 2.29. The molecule has 0 spiro atoms. The van der Waals surface area contributed by atoms with E-state index in [4.69, 9.17) is 10.6 Å². The van der Waals surface area contributed by atoms with Crippen LogP contribution in [-0.4, -0.2) is 18.2 Å². The van der Waals surface area contributed by atoms with Crippen LogP contribution in [0.15, 0.2) is 18.2 Å². The lowest BCUT2D eigenvalue weighted by atomic mass is 9.95. The molecule has 100 valence electrons. The van der Waals surface area contributed by atoms with Gasteiger partial charge in [-0.05, 0) is 51.2 Å². The first-order valence-electron chi connectivity index (χ1n) is 6.78. The van der Waals surface area contributed by atoms with Gasteiger partial charge in [0.25, 0.3) is 0 Å². The van der Waals surface area contributed by atoms with Gasteiger partial charge in [0.05, 0.1) is 18.2 Å². The molecule has 0 radical (unpaired) electrons. The zero-order valence-corrected chi connectivity index (χ0v) is 11.6. The number of nitrogens with two attached hydrogens (primary N) is 1. The minimum atomic E-state index is 0.204. The number of aryl methyl sites for hydroxylation is 2. The Balaban J connectivity index is 2.08. The van der Waals surface area contributed by atoms with Crippen molar-refractivity contribution in [1.29, 1.82) is 0 Å². The van der Waals surface area contributed by atoms with Crippen LogP contribution in [0.3, 0.4) is 0 Å². The molecule has 3 nitrogen and oxygen atoms in total. The predicted molar refractivity (Wildman–Crippen MR) is 74.3 cm³/mol. The third-order valence-electron chi connectivity index (χ3n) is 3.87. The van der Waals surface area contributed by atoms with E-state index in [9.17, 15) is 0 Å². The molecule has 1 fully saturated rings. The molecule has 3 N–H and O–H groups in total. The SMILES string of the molecule is Cc1ccc(C)c(CC(NN)C2CCC(C)O2)c1. The molecule has 3 unspecified atom stereocenters. The van der Waals surface area contributed by atoms with Crippen molar-refractivity contribution in [3.8, 4) is 0 Å². The molecule has 1 heterocycles. The summed E-state index contributed by atoms with van der Waals surface area (Å²) in [5, 5.41) is 0. The normalized spacial score (nSPS) is 25.3. The van der Waals surface area contributed by atoms with Crippen LogP contribution < -0.4 is 11.3 Å². The Kier molecular flexibility index (Phi) is 4.38. The van der Waals surface area contributed by atoms with E-state index in [2.05, 4.69) is 44.4 Å². The number of benzene rings is 1. The van der Waals surface area contributed by atoms with Gasteiger partial charge in [0, 0.05) is 0 Å². The molecule has 1 aromatic carbocycles. The van der Waals surface area contributed by atoms with Crippen molar-refractivity contribution in [3.63, 3.8) is 0 Å². The van der Waals surface area contributed by atoms with E-state index < -0.39 is 0 Å². The van der Waals surface area contributed by atoms with Crippen LogP contribution in [-0.2, 0) is 11.2 Å². The highest BCUT2D eigenvalue weighted by Crippen LogP contribution is 2.24. The molecule has 18 heavy (non-hydrogen) atoms. The van der Waals surface area contributed by atoms with Gasteiger partial charge in [0.15, 0.2) is 0 Å². The fraction of sp³-hybridized carbons (Fsp3) is 0.600. The minimum Gasteiger partial charge on any atom is -0.374 e. The van der Waals surface area contributed by atoms with Gasteiger partial charge in [0.2, 0.25) is 0 Å². The molecule has 1 aliphatic rings. The largest absolute Gasteiger partial charge is 0.374 e. The van der Waals surface area contributed by atoms with Gasteiger partial charge in [-0.3, -0.25) is 11.3 Å². The lowest BCUT2D eigenvalue weighted by Crippen LogP contribution is -2.45. The van der Waals surface area contributed by atoms with Gasteiger partial charge in [-0.1, -0.05) is 23.8 Å². The second-order valence-electron chi connectivity index (χ2n) is 5.47. The summed E-state index contributed by atoms with van der Waals surface area (Å²) in [6, 6.07) is 6.78. The smallest absolute Gasteiger partial charge is 0.0749 e. The van der Waals surface area contributed by atoms with Crippen LogP contribution in [0.2, 0.25) is 0 Å². The van der Waals surface area contributed by atoms with Crippen molar-refractivity contribution in [3.05, 3.63) is 34.9 Å². The van der Waals surface area contributed by atoms with Crippen LogP contribution >= 0.6 is 0 Å². The van der Waals surface area contributed by atoms with E-state index in [0.29, 0.717) is 6.10 Å². The van der Waals surface area contributed by atoms with Gasteiger partial charge in [0.1, 0.15) is 0 Å². The Morgan fingerprint density at radius 3 is 2.78 bits per heavy atom. The Labute approximate surface area is 110 Å². The minimum absolute atomic E-state index is 0.204. The molecule has 0 aromatic heterocycles. The fourth-order valence-electron chi connectivity index (χ4n) is 2.68. The second kappa shape index (κ2) is 5.83. The molecule has 0 saturated carbocycles. The molecule has 0 amide bonds. The molecule has 1 aliphatic heterocycles. The maximum absolute atomic E-state index is 5.91. The maximum Gasteiger partial charge on any atom is 0.0749 e. The number of ether oxygens (including phenoxy) is 1. The number of hydrazine groups is 1. The maximum atomic E-state index is 5.91. The molecule has 2 rings (SSSR count). The molecule has 1 aromatic rings. The van der Waals surface area contributed by atoms with E-state index in [1.54, 1.807) is 0 Å². The summed E-state index contributed by atoms with van der Waals surface area (Å²) in [6.07, 6.45) is 3.77. The Hall–Kier alpha value is -0.900. The second-order valence-corrected chi connectivity index (χ2v) is 5.47. The van der Waals surface area contributed by atoms with Crippen LogP contribution in [0.1, 0.15) is 36.5 Å². The summed E-state index contributed by atoms with van der Waals surface area (Å²) in [5.41, 5.74) is 6.92. The topological polar surface area (TPSA) is 47.3 Å². The highest BCUT2D eigenvalue weighted by molar-refractivity contribution is 5.31. The lowest BCUT2D eigenvalue weighted by molar-refractivity contribution is 0.0320. The number of nitrogens with one attached hydrogen (secondary N) is 1. The first-order chi connectivity index (χ1) is 8.60. The summed E-state index contributed by atoms with van der Waals surface area (Å²) in [6.45, 7) is 6.41. The first-order valence-corrected chi connectivity index (χ1v) is 6.78. The third kappa shape index (κ3) is 3.10. The lowest BCUT2D eigenvalue weighted by Gasteiger charge is -2.23. The van der Waals surface area contributed by atoms with Gasteiger partial charge in [-0.2, -0.15) is 0 Å². The van der Waals surface area contributed by atoms with Crippen LogP contribution in [0.25, 0.3) is 0 Å². The summed E-state index contributed by atoms with van der Waals surface area (Å²) in [5.74, 6) is 5.70. The predicted octanol–water partition coefficient (Wildman–Crippen LogP) is 2.25. The van der Waals surface area contributed by atoms with E-state index in [1.165, 1.54) is 16.7 Å². The van der Waals surface area contributed by atoms with Crippen molar-refractivity contribution >= 4 is 0 Å². The Morgan fingerprint density at radius 1 is 1.39 bits per heavy atom. The van der Waals surface area contributed by atoms with E-state index in [0.717, 1.165) is 19.3 Å². The van der Waals surface area contributed by atoms with Crippen molar-refractivity contribution < 1.29 is 4.74 Å². The van der Waals surface area contributed by atoms with E-state index >= 15 is 0 Å². The van der Waals surface area contributed by atoms with Gasteiger partial charge < -0.3 is 4.74 Å². The zero-order chi connectivity index (χ0) is 13.1. The number of rotatable bonds is 4. The quantitative estimate of drug-likeness (QED) is 0.634. The molecule has 3 atom stereocenters. The molecule has 3 heteroatoms. The molecular formula is C15H24N2O. The van der Waals surface area contributed by atoms with Crippen LogP contribution in [0.5, 0.6) is 0 Å². The monoisotopic (exact) mass is 248 g/mol.